The standard InChI is InChI=1S/C29H38FN5O/c1-33(2)26-9-5-4-8-23(26)21-12-16-35(17-13-21)27-24-20-22(34(3)18-19-36)10-11-25(24)31-28(32-27)29(30)14-6-7-15-29/h4-5,8-11,20-21,36H,6-7,12-19H2,1-3H3. The molecule has 2 aliphatic rings. The lowest BCUT2D eigenvalue weighted by atomic mass is 9.88. The second-order valence-corrected chi connectivity index (χ2v) is 10.6. The van der Waals surface area contributed by atoms with E-state index in [1.54, 1.807) is 0 Å². The number of aromatic nitrogens is 2. The van der Waals surface area contributed by atoms with Crippen LogP contribution in [0, 0.1) is 0 Å². The van der Waals surface area contributed by atoms with Crippen molar-refractivity contribution in [2.75, 3.05) is 62.1 Å². The molecule has 2 aromatic carbocycles. The van der Waals surface area contributed by atoms with Crippen molar-refractivity contribution in [1.82, 2.24) is 9.97 Å². The lowest BCUT2D eigenvalue weighted by molar-refractivity contribution is 0.162. The Hall–Kier alpha value is -2.93. The number of aliphatic hydroxyl groups excluding tert-OH is 1. The predicted octanol–water partition coefficient (Wildman–Crippen LogP) is 5.25. The Balaban J connectivity index is 1.49. The minimum atomic E-state index is -1.43. The molecule has 0 atom stereocenters. The van der Waals surface area contributed by atoms with Crippen molar-refractivity contribution in [3.63, 3.8) is 0 Å². The minimum Gasteiger partial charge on any atom is -0.395 e. The third-order valence-electron chi connectivity index (χ3n) is 7.99. The SMILES string of the molecule is CN(C)c1ccccc1C1CCN(c2nc(C3(F)CCCC3)nc3ccc(N(C)CCO)cc23)CC1. The fourth-order valence-corrected chi connectivity index (χ4v) is 5.86. The number of alkyl halides is 1. The van der Waals surface area contributed by atoms with E-state index in [0.717, 1.165) is 61.2 Å². The second kappa shape index (κ2) is 10.2. The van der Waals surface area contributed by atoms with Crippen molar-refractivity contribution in [3.05, 3.63) is 53.9 Å². The van der Waals surface area contributed by atoms with Crippen LogP contribution in [-0.2, 0) is 5.67 Å². The number of halogens is 1. The van der Waals surface area contributed by atoms with Gasteiger partial charge in [-0.2, -0.15) is 0 Å². The normalized spacial score (nSPS) is 18.1. The molecule has 6 nitrogen and oxygen atoms in total. The van der Waals surface area contributed by atoms with Gasteiger partial charge >= 0.3 is 0 Å². The number of hydrogen-bond acceptors (Lipinski definition) is 6. The zero-order valence-electron chi connectivity index (χ0n) is 21.8. The van der Waals surface area contributed by atoms with Crippen molar-refractivity contribution in [2.45, 2.75) is 50.1 Å². The zero-order chi connectivity index (χ0) is 25.3. The molecule has 1 saturated heterocycles. The summed E-state index contributed by atoms with van der Waals surface area (Å²) in [7, 11) is 6.17. The molecule has 0 bridgehead atoms. The van der Waals surface area contributed by atoms with Crippen molar-refractivity contribution in [1.29, 1.82) is 0 Å². The number of likely N-dealkylation sites (N-methyl/N-ethyl adjacent to an activating group) is 1. The molecule has 0 spiro atoms. The minimum absolute atomic E-state index is 0.0864. The third-order valence-corrected chi connectivity index (χ3v) is 7.99. The van der Waals surface area contributed by atoms with Crippen molar-refractivity contribution in [3.8, 4) is 0 Å². The highest BCUT2D eigenvalue weighted by atomic mass is 19.1. The van der Waals surface area contributed by atoms with Crippen LogP contribution in [0.4, 0.5) is 21.6 Å². The van der Waals surface area contributed by atoms with Crippen LogP contribution in [0.15, 0.2) is 42.5 Å². The van der Waals surface area contributed by atoms with Gasteiger partial charge in [0.25, 0.3) is 0 Å². The Morgan fingerprint density at radius 1 is 1.03 bits per heavy atom. The van der Waals surface area contributed by atoms with Gasteiger partial charge in [0.15, 0.2) is 11.5 Å². The lowest BCUT2D eigenvalue weighted by Crippen LogP contribution is -2.35. The van der Waals surface area contributed by atoms with E-state index in [9.17, 15) is 5.11 Å². The summed E-state index contributed by atoms with van der Waals surface area (Å²) in [6, 6.07) is 14.8. The Morgan fingerprint density at radius 2 is 1.75 bits per heavy atom. The fourth-order valence-electron chi connectivity index (χ4n) is 5.86. The van der Waals surface area contributed by atoms with Crippen molar-refractivity contribution in [2.24, 2.45) is 0 Å². The van der Waals surface area contributed by atoms with Gasteiger partial charge in [-0.3, -0.25) is 0 Å². The van der Waals surface area contributed by atoms with Gasteiger partial charge < -0.3 is 19.8 Å². The quantitative estimate of drug-likeness (QED) is 0.487. The van der Waals surface area contributed by atoms with Crippen LogP contribution in [0.1, 0.15) is 55.8 Å². The molecule has 0 radical (unpaired) electrons. The molecule has 1 aliphatic carbocycles. The Kier molecular flexibility index (Phi) is 7.02. The Bertz CT molecular complexity index is 1200. The van der Waals surface area contributed by atoms with Crippen molar-refractivity contribution >= 4 is 28.1 Å². The van der Waals surface area contributed by atoms with Crippen LogP contribution >= 0.6 is 0 Å². The number of benzene rings is 2. The molecule has 3 aromatic rings. The van der Waals surface area contributed by atoms with Crippen molar-refractivity contribution < 1.29 is 9.50 Å². The number of hydrogen-bond donors (Lipinski definition) is 1. The van der Waals surface area contributed by atoms with E-state index in [1.807, 2.05) is 24.1 Å². The van der Waals surface area contributed by atoms with Gasteiger partial charge in [-0.15, -0.1) is 0 Å². The van der Waals surface area contributed by atoms with Gasteiger partial charge in [0.2, 0.25) is 0 Å². The number of anilines is 3. The highest BCUT2D eigenvalue weighted by Gasteiger charge is 2.39. The first-order valence-electron chi connectivity index (χ1n) is 13.2. The van der Waals surface area contributed by atoms with Gasteiger partial charge in [-0.1, -0.05) is 18.2 Å². The molecule has 36 heavy (non-hydrogen) atoms. The highest BCUT2D eigenvalue weighted by molar-refractivity contribution is 5.92. The number of fused-ring (bicyclic) bond motifs is 1. The first-order valence-corrected chi connectivity index (χ1v) is 13.2. The van der Waals surface area contributed by atoms with E-state index in [2.05, 4.69) is 54.2 Å². The van der Waals surface area contributed by atoms with E-state index in [-0.39, 0.29) is 6.61 Å². The second-order valence-electron chi connectivity index (χ2n) is 10.6. The zero-order valence-corrected chi connectivity index (χ0v) is 21.8. The van der Waals surface area contributed by atoms with Gasteiger partial charge in [0.1, 0.15) is 5.82 Å². The van der Waals surface area contributed by atoms with E-state index in [1.165, 1.54) is 11.3 Å². The van der Waals surface area contributed by atoms with Gasteiger partial charge in [-0.25, -0.2) is 14.4 Å². The number of para-hydroxylation sites is 1. The maximum Gasteiger partial charge on any atom is 0.170 e. The summed E-state index contributed by atoms with van der Waals surface area (Å²) in [4.78, 5) is 16.2. The molecule has 7 heteroatoms. The fraction of sp³-hybridized carbons (Fsp3) is 0.517. The molecule has 5 rings (SSSR count). The summed E-state index contributed by atoms with van der Waals surface area (Å²) < 4.78 is 15.8. The highest BCUT2D eigenvalue weighted by Crippen LogP contribution is 2.43. The Morgan fingerprint density at radius 3 is 2.44 bits per heavy atom. The molecule has 0 amide bonds. The number of nitrogens with zero attached hydrogens (tertiary/aromatic N) is 5. The molecule has 2 fully saturated rings. The van der Waals surface area contributed by atoms with E-state index in [0.29, 0.717) is 31.1 Å². The Labute approximate surface area is 213 Å². The average molecular weight is 492 g/mol. The maximum absolute atomic E-state index is 15.8. The molecule has 1 saturated carbocycles. The molecule has 1 aliphatic heterocycles. The van der Waals surface area contributed by atoms with Crippen LogP contribution in [0.25, 0.3) is 10.9 Å². The monoisotopic (exact) mass is 491 g/mol. The summed E-state index contributed by atoms with van der Waals surface area (Å²) in [6.07, 6.45) is 4.81. The first-order chi connectivity index (χ1) is 17.4. The van der Waals surface area contributed by atoms with E-state index >= 15 is 4.39 Å². The largest absolute Gasteiger partial charge is 0.395 e. The topological polar surface area (TPSA) is 55.7 Å². The average Bonchev–Trinajstić information content (AvgIpc) is 3.35. The predicted molar refractivity (Wildman–Crippen MR) is 146 cm³/mol. The smallest absolute Gasteiger partial charge is 0.170 e. The summed E-state index contributed by atoms with van der Waals surface area (Å²) in [5.41, 5.74) is 3.04. The molecule has 192 valence electrons. The molecule has 1 N–H and O–H groups in total. The van der Waals surface area contributed by atoms with Gasteiger partial charge in [-0.05, 0) is 74.3 Å². The molecular weight excluding hydrogens is 453 g/mol. The van der Waals surface area contributed by atoms with Gasteiger partial charge in [0, 0.05) is 57.5 Å². The van der Waals surface area contributed by atoms with Crippen LogP contribution in [0.5, 0.6) is 0 Å². The lowest BCUT2D eigenvalue weighted by Gasteiger charge is -2.35. The van der Waals surface area contributed by atoms with E-state index in [4.69, 9.17) is 9.97 Å². The first kappa shape index (κ1) is 24.8. The van der Waals surface area contributed by atoms with Crippen LogP contribution in [0.2, 0.25) is 0 Å². The van der Waals surface area contributed by atoms with Crippen LogP contribution < -0.4 is 14.7 Å². The van der Waals surface area contributed by atoms with Crippen LogP contribution in [-0.4, -0.2) is 62.5 Å². The molecule has 1 aromatic heterocycles. The van der Waals surface area contributed by atoms with E-state index < -0.39 is 5.67 Å². The molecule has 2 heterocycles. The summed E-state index contributed by atoms with van der Waals surface area (Å²) in [6.45, 7) is 2.37. The number of aliphatic hydroxyl groups is 1. The molecule has 0 unspecified atom stereocenters. The third kappa shape index (κ3) is 4.73. The summed E-state index contributed by atoms with van der Waals surface area (Å²) in [5.74, 6) is 1.68. The van der Waals surface area contributed by atoms with Gasteiger partial charge in [0.05, 0.1) is 12.1 Å². The molecular formula is C29H38FN5O. The maximum atomic E-state index is 15.8. The number of piperidine rings is 1. The summed E-state index contributed by atoms with van der Waals surface area (Å²) >= 11 is 0. The van der Waals surface area contributed by atoms with Crippen LogP contribution in [0.3, 0.4) is 0 Å². The summed E-state index contributed by atoms with van der Waals surface area (Å²) in [5, 5.41) is 10.4. The number of rotatable bonds is 7.